The molecule has 0 bridgehead atoms. The summed E-state index contributed by atoms with van der Waals surface area (Å²) in [6, 6.07) is 8.79. The Hall–Kier alpha value is -2.87. The Labute approximate surface area is 140 Å². The standard InChI is InChI=1S/C19H18N2O3/c1-20(16(22)12-11-13-7-4-3-5-8-13)15-10-6-9-14-17(15)19(24)21(2)18(14)23/h3-8,10,14-15,17H,9H2,1-2H3/t14-,15+,17-/m0/s1. The fraction of sp³-hybridized carbons (Fsp3) is 0.316. The average Bonchev–Trinajstić information content (AvgIpc) is 2.84. The van der Waals surface area contributed by atoms with Crippen LogP contribution in [0, 0.1) is 23.7 Å². The van der Waals surface area contributed by atoms with Gasteiger partial charge in [-0.25, -0.2) is 0 Å². The first-order valence-corrected chi connectivity index (χ1v) is 7.82. The van der Waals surface area contributed by atoms with E-state index in [0.717, 1.165) is 5.56 Å². The number of hydrogen-bond acceptors (Lipinski definition) is 3. The van der Waals surface area contributed by atoms with Crippen molar-refractivity contribution in [3.8, 4) is 11.8 Å². The molecule has 1 aliphatic carbocycles. The molecule has 0 saturated carbocycles. The van der Waals surface area contributed by atoms with Crippen LogP contribution < -0.4 is 0 Å². The van der Waals surface area contributed by atoms with Crippen molar-refractivity contribution in [1.82, 2.24) is 9.80 Å². The van der Waals surface area contributed by atoms with E-state index >= 15 is 0 Å². The molecule has 1 heterocycles. The summed E-state index contributed by atoms with van der Waals surface area (Å²) in [6.07, 6.45) is 4.23. The third-order valence-corrected chi connectivity index (χ3v) is 4.64. The Kier molecular flexibility index (Phi) is 4.22. The fourth-order valence-corrected chi connectivity index (χ4v) is 3.26. The van der Waals surface area contributed by atoms with Crippen LogP contribution in [0.25, 0.3) is 0 Å². The highest BCUT2D eigenvalue weighted by molar-refractivity contribution is 6.06. The van der Waals surface area contributed by atoms with Gasteiger partial charge in [0.25, 0.3) is 5.91 Å². The van der Waals surface area contributed by atoms with Gasteiger partial charge in [-0.3, -0.25) is 19.3 Å². The molecule has 2 aliphatic rings. The molecular weight excluding hydrogens is 304 g/mol. The number of amides is 3. The number of allylic oxidation sites excluding steroid dienone is 1. The van der Waals surface area contributed by atoms with Gasteiger partial charge in [-0.15, -0.1) is 0 Å². The monoisotopic (exact) mass is 322 g/mol. The SMILES string of the molecule is CN1C(=O)[C@H]2[C@H](CC=C[C@H]2N(C)C(=O)C#Cc2ccccc2)C1=O. The lowest BCUT2D eigenvalue weighted by Gasteiger charge is -2.32. The van der Waals surface area contributed by atoms with E-state index in [9.17, 15) is 14.4 Å². The summed E-state index contributed by atoms with van der Waals surface area (Å²) in [7, 11) is 3.12. The van der Waals surface area contributed by atoms with Crippen molar-refractivity contribution in [2.75, 3.05) is 14.1 Å². The van der Waals surface area contributed by atoms with Crippen LogP contribution in [-0.4, -0.2) is 47.7 Å². The molecule has 3 atom stereocenters. The number of likely N-dealkylation sites (tertiary alicyclic amines) is 1. The number of rotatable bonds is 1. The first-order chi connectivity index (χ1) is 11.5. The van der Waals surface area contributed by atoms with E-state index in [0.29, 0.717) is 6.42 Å². The number of fused-ring (bicyclic) bond motifs is 1. The quantitative estimate of drug-likeness (QED) is 0.441. The average molecular weight is 322 g/mol. The number of imide groups is 1. The lowest BCUT2D eigenvalue weighted by atomic mass is 9.81. The Morgan fingerprint density at radius 2 is 1.92 bits per heavy atom. The van der Waals surface area contributed by atoms with Crippen molar-refractivity contribution >= 4 is 17.7 Å². The molecule has 122 valence electrons. The lowest BCUT2D eigenvalue weighted by Crippen LogP contribution is -2.46. The Morgan fingerprint density at radius 3 is 2.62 bits per heavy atom. The second kappa shape index (κ2) is 6.32. The van der Waals surface area contributed by atoms with Gasteiger partial charge in [0, 0.05) is 25.6 Å². The number of hydrogen-bond donors (Lipinski definition) is 0. The molecule has 1 fully saturated rings. The molecule has 1 saturated heterocycles. The van der Waals surface area contributed by atoms with E-state index in [1.54, 1.807) is 7.05 Å². The number of carbonyl (C=O) groups is 3. The zero-order valence-electron chi connectivity index (χ0n) is 13.6. The number of likely N-dealkylation sites (N-methyl/N-ethyl adjacent to an activating group) is 1. The van der Waals surface area contributed by atoms with Gasteiger partial charge in [-0.2, -0.15) is 0 Å². The molecule has 5 heteroatoms. The number of carbonyl (C=O) groups excluding carboxylic acids is 3. The van der Waals surface area contributed by atoms with Crippen molar-refractivity contribution < 1.29 is 14.4 Å². The van der Waals surface area contributed by atoms with Crippen LogP contribution in [0.15, 0.2) is 42.5 Å². The van der Waals surface area contributed by atoms with Crippen molar-refractivity contribution in [3.63, 3.8) is 0 Å². The van der Waals surface area contributed by atoms with Crippen LogP contribution in [0.2, 0.25) is 0 Å². The Morgan fingerprint density at radius 1 is 1.21 bits per heavy atom. The third-order valence-electron chi connectivity index (χ3n) is 4.64. The predicted molar refractivity (Wildman–Crippen MR) is 88.4 cm³/mol. The summed E-state index contributed by atoms with van der Waals surface area (Å²) in [5.41, 5.74) is 0.753. The highest BCUT2D eigenvalue weighted by Crippen LogP contribution is 2.36. The minimum absolute atomic E-state index is 0.171. The molecular formula is C19H18N2O3. The van der Waals surface area contributed by atoms with Gasteiger partial charge in [0.15, 0.2) is 0 Å². The smallest absolute Gasteiger partial charge is 0.299 e. The van der Waals surface area contributed by atoms with E-state index in [1.165, 1.54) is 16.8 Å². The summed E-state index contributed by atoms with van der Waals surface area (Å²) in [4.78, 5) is 39.5. The fourth-order valence-electron chi connectivity index (χ4n) is 3.26. The van der Waals surface area contributed by atoms with Gasteiger partial charge in [0.05, 0.1) is 17.9 Å². The Balaban J connectivity index is 1.80. The molecule has 3 amide bonds. The van der Waals surface area contributed by atoms with Gasteiger partial charge in [-0.05, 0) is 18.6 Å². The van der Waals surface area contributed by atoms with Gasteiger partial charge < -0.3 is 4.90 Å². The third kappa shape index (κ3) is 2.71. The summed E-state index contributed by atoms with van der Waals surface area (Å²) >= 11 is 0. The van der Waals surface area contributed by atoms with E-state index in [4.69, 9.17) is 0 Å². The topological polar surface area (TPSA) is 57.7 Å². The second-order valence-electron chi connectivity index (χ2n) is 6.05. The van der Waals surface area contributed by atoms with Crippen molar-refractivity contribution in [2.24, 2.45) is 11.8 Å². The summed E-state index contributed by atoms with van der Waals surface area (Å²) in [5.74, 6) is 3.77. The largest absolute Gasteiger partial charge is 0.328 e. The van der Waals surface area contributed by atoms with E-state index < -0.39 is 12.0 Å². The van der Waals surface area contributed by atoms with E-state index in [1.807, 2.05) is 42.5 Å². The molecule has 0 aromatic heterocycles. The number of nitrogens with zero attached hydrogens (tertiary/aromatic N) is 2. The summed E-state index contributed by atoms with van der Waals surface area (Å²) in [5, 5.41) is 0. The molecule has 0 spiro atoms. The van der Waals surface area contributed by atoms with Crippen LogP contribution in [0.1, 0.15) is 12.0 Å². The van der Waals surface area contributed by atoms with Crippen LogP contribution in [0.3, 0.4) is 0 Å². The first-order valence-electron chi connectivity index (χ1n) is 7.82. The highest BCUT2D eigenvalue weighted by Gasteiger charge is 2.51. The van der Waals surface area contributed by atoms with Crippen molar-refractivity contribution in [1.29, 1.82) is 0 Å². The van der Waals surface area contributed by atoms with Crippen LogP contribution in [0.5, 0.6) is 0 Å². The lowest BCUT2D eigenvalue weighted by molar-refractivity contribution is -0.138. The van der Waals surface area contributed by atoms with Gasteiger partial charge in [-0.1, -0.05) is 36.3 Å². The minimum Gasteiger partial charge on any atom is -0.328 e. The second-order valence-corrected chi connectivity index (χ2v) is 6.05. The van der Waals surface area contributed by atoms with Gasteiger partial charge in [0.2, 0.25) is 11.8 Å². The molecule has 1 aromatic carbocycles. The summed E-state index contributed by atoms with van der Waals surface area (Å²) < 4.78 is 0. The van der Waals surface area contributed by atoms with Gasteiger partial charge >= 0.3 is 0 Å². The molecule has 5 nitrogen and oxygen atoms in total. The molecule has 3 rings (SSSR count). The molecule has 24 heavy (non-hydrogen) atoms. The van der Waals surface area contributed by atoms with E-state index in [2.05, 4.69) is 11.8 Å². The number of benzene rings is 1. The van der Waals surface area contributed by atoms with Crippen molar-refractivity contribution in [2.45, 2.75) is 12.5 Å². The Bertz CT molecular complexity index is 773. The molecule has 0 N–H and O–H groups in total. The maximum Gasteiger partial charge on any atom is 0.299 e. The maximum absolute atomic E-state index is 12.4. The zero-order valence-corrected chi connectivity index (χ0v) is 13.6. The normalized spacial score (nSPS) is 25.1. The molecule has 0 radical (unpaired) electrons. The van der Waals surface area contributed by atoms with Crippen LogP contribution >= 0.6 is 0 Å². The van der Waals surface area contributed by atoms with E-state index in [-0.39, 0.29) is 23.6 Å². The minimum atomic E-state index is -0.514. The molecule has 1 aliphatic heterocycles. The maximum atomic E-state index is 12.4. The molecule has 1 aromatic rings. The predicted octanol–water partition coefficient (Wildman–Crippen LogP) is 1.06. The van der Waals surface area contributed by atoms with Crippen molar-refractivity contribution in [3.05, 3.63) is 48.0 Å². The zero-order chi connectivity index (χ0) is 17.3. The highest BCUT2D eigenvalue weighted by atomic mass is 16.2. The first kappa shape index (κ1) is 16.0. The summed E-state index contributed by atoms with van der Waals surface area (Å²) in [6.45, 7) is 0. The van der Waals surface area contributed by atoms with Gasteiger partial charge in [0.1, 0.15) is 0 Å². The van der Waals surface area contributed by atoms with Crippen LogP contribution in [0.4, 0.5) is 0 Å². The van der Waals surface area contributed by atoms with Crippen LogP contribution in [-0.2, 0) is 14.4 Å². The molecule has 0 unspecified atom stereocenters.